The van der Waals surface area contributed by atoms with Crippen molar-refractivity contribution in [3.05, 3.63) is 23.3 Å². The zero-order valence-corrected chi connectivity index (χ0v) is 7.66. The van der Waals surface area contributed by atoms with E-state index < -0.39 is 0 Å². The molecule has 0 radical (unpaired) electrons. The summed E-state index contributed by atoms with van der Waals surface area (Å²) in [5, 5.41) is 17.8. The van der Waals surface area contributed by atoms with Gasteiger partial charge in [-0.25, -0.2) is 0 Å². The fourth-order valence-electron chi connectivity index (χ4n) is 1.25. The number of nitriles is 1. The highest BCUT2D eigenvalue weighted by Gasteiger charge is 2.07. The van der Waals surface area contributed by atoms with Crippen LogP contribution in [0.4, 0.5) is 0 Å². The van der Waals surface area contributed by atoms with Crippen molar-refractivity contribution in [3.8, 4) is 17.6 Å². The molecular formula is C10H11NO2. The summed E-state index contributed by atoms with van der Waals surface area (Å²) in [4.78, 5) is 0. The van der Waals surface area contributed by atoms with Crippen molar-refractivity contribution >= 4 is 0 Å². The van der Waals surface area contributed by atoms with Crippen LogP contribution in [0.2, 0.25) is 0 Å². The maximum absolute atomic E-state index is 9.25. The molecule has 1 N–H and O–H groups in total. The van der Waals surface area contributed by atoms with Gasteiger partial charge in [0.2, 0.25) is 0 Å². The highest BCUT2D eigenvalue weighted by atomic mass is 16.5. The number of phenolic OH excluding ortho intramolecular Hbond substituents is 1. The van der Waals surface area contributed by atoms with Crippen LogP contribution in [-0.2, 0) is 6.42 Å². The first-order valence-electron chi connectivity index (χ1n) is 3.92. The quantitative estimate of drug-likeness (QED) is 0.749. The number of ether oxygens (including phenoxy) is 1. The summed E-state index contributed by atoms with van der Waals surface area (Å²) in [5.74, 6) is 0.732. The molecule has 0 heterocycles. The molecular weight excluding hydrogens is 166 g/mol. The molecule has 0 bridgehead atoms. The predicted molar refractivity (Wildman–Crippen MR) is 48.7 cm³/mol. The van der Waals surface area contributed by atoms with Crippen LogP contribution in [0.25, 0.3) is 0 Å². The second-order valence-electron chi connectivity index (χ2n) is 2.78. The molecule has 0 saturated heterocycles. The smallest absolute Gasteiger partial charge is 0.127 e. The molecule has 0 unspecified atom stereocenters. The Kier molecular flexibility index (Phi) is 2.76. The molecule has 3 nitrogen and oxygen atoms in total. The van der Waals surface area contributed by atoms with E-state index in [0.29, 0.717) is 12.2 Å². The average molecular weight is 177 g/mol. The van der Waals surface area contributed by atoms with Gasteiger partial charge < -0.3 is 9.84 Å². The topological polar surface area (TPSA) is 53.2 Å². The lowest BCUT2D eigenvalue weighted by Gasteiger charge is -2.09. The lowest BCUT2D eigenvalue weighted by Crippen LogP contribution is -1.94. The molecule has 0 saturated carbocycles. The van der Waals surface area contributed by atoms with Gasteiger partial charge in [0.1, 0.15) is 11.5 Å². The van der Waals surface area contributed by atoms with Gasteiger partial charge in [0.25, 0.3) is 0 Å². The molecule has 1 aromatic carbocycles. The first-order chi connectivity index (χ1) is 6.19. The minimum Gasteiger partial charge on any atom is -0.508 e. The Labute approximate surface area is 77.2 Å². The van der Waals surface area contributed by atoms with E-state index in [1.54, 1.807) is 6.07 Å². The fourth-order valence-corrected chi connectivity index (χ4v) is 1.25. The van der Waals surface area contributed by atoms with Crippen molar-refractivity contribution in [1.82, 2.24) is 0 Å². The van der Waals surface area contributed by atoms with Crippen LogP contribution in [-0.4, -0.2) is 12.2 Å². The Balaban J connectivity index is 3.23. The number of nitrogens with zero attached hydrogens (tertiary/aromatic N) is 1. The van der Waals surface area contributed by atoms with E-state index in [9.17, 15) is 5.11 Å². The second kappa shape index (κ2) is 3.81. The van der Waals surface area contributed by atoms with Gasteiger partial charge in [-0.05, 0) is 18.6 Å². The maximum atomic E-state index is 9.25. The van der Waals surface area contributed by atoms with Gasteiger partial charge in [-0.3, -0.25) is 0 Å². The molecule has 1 rings (SSSR count). The molecule has 0 fully saturated rings. The number of hydrogen-bond acceptors (Lipinski definition) is 3. The number of aryl methyl sites for hydroxylation is 1. The first-order valence-corrected chi connectivity index (χ1v) is 3.92. The van der Waals surface area contributed by atoms with Crippen LogP contribution < -0.4 is 4.74 Å². The van der Waals surface area contributed by atoms with Crippen LogP contribution in [0.5, 0.6) is 11.5 Å². The summed E-state index contributed by atoms with van der Waals surface area (Å²) < 4.78 is 5.05. The van der Waals surface area contributed by atoms with Crippen LogP contribution in [0.3, 0.4) is 0 Å². The monoisotopic (exact) mass is 177 g/mol. The van der Waals surface area contributed by atoms with Crippen molar-refractivity contribution in [3.63, 3.8) is 0 Å². The third kappa shape index (κ3) is 1.91. The van der Waals surface area contributed by atoms with Crippen molar-refractivity contribution < 1.29 is 9.84 Å². The summed E-state index contributed by atoms with van der Waals surface area (Å²) in [7, 11) is 1.52. The number of methoxy groups -OCH3 is 1. The molecule has 1 aromatic rings. The second-order valence-corrected chi connectivity index (χ2v) is 2.78. The van der Waals surface area contributed by atoms with Crippen molar-refractivity contribution in [2.75, 3.05) is 7.11 Å². The van der Waals surface area contributed by atoms with Gasteiger partial charge in [0, 0.05) is 11.6 Å². The van der Waals surface area contributed by atoms with E-state index in [4.69, 9.17) is 10.00 Å². The Morgan fingerprint density at radius 1 is 1.54 bits per heavy atom. The van der Waals surface area contributed by atoms with E-state index >= 15 is 0 Å². The van der Waals surface area contributed by atoms with Gasteiger partial charge in [-0.1, -0.05) is 0 Å². The van der Waals surface area contributed by atoms with E-state index in [1.165, 1.54) is 13.2 Å². The number of aromatic hydroxyl groups is 1. The predicted octanol–water partition coefficient (Wildman–Crippen LogP) is 1.78. The van der Waals surface area contributed by atoms with E-state index in [1.807, 2.05) is 6.92 Å². The normalized spacial score (nSPS) is 9.31. The third-order valence-electron chi connectivity index (χ3n) is 1.89. The van der Waals surface area contributed by atoms with Gasteiger partial charge in [0.15, 0.2) is 0 Å². The number of phenols is 1. The van der Waals surface area contributed by atoms with Crippen LogP contribution >= 0.6 is 0 Å². The van der Waals surface area contributed by atoms with Crippen molar-refractivity contribution in [2.24, 2.45) is 0 Å². The first kappa shape index (κ1) is 9.40. The zero-order chi connectivity index (χ0) is 9.84. The summed E-state index contributed by atoms with van der Waals surface area (Å²) >= 11 is 0. The van der Waals surface area contributed by atoms with Gasteiger partial charge in [0.05, 0.1) is 19.6 Å². The molecule has 0 aliphatic carbocycles. The van der Waals surface area contributed by atoms with Crippen molar-refractivity contribution in [2.45, 2.75) is 13.3 Å². The van der Waals surface area contributed by atoms with Gasteiger partial charge in [-0.15, -0.1) is 0 Å². The molecule has 0 amide bonds. The number of hydrogen-bond donors (Lipinski definition) is 1. The van der Waals surface area contributed by atoms with E-state index in [-0.39, 0.29) is 5.75 Å². The average Bonchev–Trinajstić information content (AvgIpc) is 2.09. The standard InChI is InChI=1S/C10H11NO2/c1-7-5-8(12)6-10(13-2)9(7)3-4-11/h5-6,12H,3H2,1-2H3. The Hall–Kier alpha value is -1.69. The highest BCUT2D eigenvalue weighted by Crippen LogP contribution is 2.27. The number of rotatable bonds is 2. The van der Waals surface area contributed by atoms with Crippen molar-refractivity contribution in [1.29, 1.82) is 5.26 Å². The number of benzene rings is 1. The SMILES string of the molecule is COc1cc(O)cc(C)c1CC#N. The van der Waals surface area contributed by atoms with Gasteiger partial charge in [-0.2, -0.15) is 5.26 Å². The Morgan fingerprint density at radius 2 is 2.23 bits per heavy atom. The molecule has 0 atom stereocenters. The molecule has 3 heteroatoms. The molecule has 13 heavy (non-hydrogen) atoms. The van der Waals surface area contributed by atoms with E-state index in [0.717, 1.165) is 11.1 Å². The molecule has 0 aliphatic heterocycles. The molecule has 68 valence electrons. The molecule has 0 aromatic heterocycles. The van der Waals surface area contributed by atoms with Crippen LogP contribution in [0.15, 0.2) is 12.1 Å². The Bertz CT molecular complexity index is 353. The highest BCUT2D eigenvalue weighted by molar-refractivity contribution is 5.46. The zero-order valence-electron chi connectivity index (χ0n) is 7.66. The molecule has 0 aliphatic rings. The van der Waals surface area contributed by atoms with Gasteiger partial charge >= 0.3 is 0 Å². The summed E-state index contributed by atoms with van der Waals surface area (Å²) in [6.07, 6.45) is 0.301. The minimum atomic E-state index is 0.163. The van der Waals surface area contributed by atoms with Crippen LogP contribution in [0.1, 0.15) is 11.1 Å². The largest absolute Gasteiger partial charge is 0.508 e. The summed E-state index contributed by atoms with van der Waals surface area (Å²) in [6.45, 7) is 1.84. The fraction of sp³-hybridized carbons (Fsp3) is 0.300. The lowest BCUT2D eigenvalue weighted by molar-refractivity contribution is 0.403. The minimum absolute atomic E-state index is 0.163. The van der Waals surface area contributed by atoms with Crippen LogP contribution in [0, 0.1) is 18.3 Å². The maximum Gasteiger partial charge on any atom is 0.127 e. The summed E-state index contributed by atoms with van der Waals surface area (Å²) in [5.41, 5.74) is 1.71. The summed E-state index contributed by atoms with van der Waals surface area (Å²) in [6, 6.07) is 5.19. The Morgan fingerprint density at radius 3 is 2.77 bits per heavy atom. The molecule has 0 spiro atoms. The lowest BCUT2D eigenvalue weighted by atomic mass is 10.0. The van der Waals surface area contributed by atoms with E-state index in [2.05, 4.69) is 6.07 Å². The third-order valence-corrected chi connectivity index (χ3v) is 1.89.